The zero-order chi connectivity index (χ0) is 17.5. The number of nitrogens with one attached hydrogen (secondary N) is 1. The van der Waals surface area contributed by atoms with E-state index < -0.39 is 0 Å². The Morgan fingerprint density at radius 3 is 2.76 bits per heavy atom. The van der Waals surface area contributed by atoms with E-state index in [4.69, 9.17) is 14.7 Å². The quantitative estimate of drug-likeness (QED) is 0.772. The molecule has 2 aromatic rings. The Kier molecular flexibility index (Phi) is 5.67. The fourth-order valence-electron chi connectivity index (χ4n) is 2.77. The van der Waals surface area contributed by atoms with Crippen LogP contribution in [0.15, 0.2) is 48.5 Å². The van der Waals surface area contributed by atoms with E-state index in [1.54, 1.807) is 6.07 Å². The second kappa shape index (κ2) is 8.13. The van der Waals surface area contributed by atoms with E-state index in [0.29, 0.717) is 31.9 Å². The molecule has 3 rings (SSSR count). The van der Waals surface area contributed by atoms with Gasteiger partial charge in [0.2, 0.25) is 0 Å². The van der Waals surface area contributed by atoms with Crippen molar-refractivity contribution >= 4 is 0 Å². The van der Waals surface area contributed by atoms with Crippen LogP contribution in [0.2, 0.25) is 0 Å². The molecule has 2 aromatic carbocycles. The second-order valence-corrected chi connectivity index (χ2v) is 6.46. The molecule has 5 nitrogen and oxygen atoms in total. The summed E-state index contributed by atoms with van der Waals surface area (Å²) in [4.78, 5) is 0. The van der Waals surface area contributed by atoms with Gasteiger partial charge in [0.15, 0.2) is 0 Å². The lowest BCUT2D eigenvalue weighted by Crippen LogP contribution is -2.52. The molecule has 0 aromatic heterocycles. The highest BCUT2D eigenvalue weighted by atomic mass is 16.5. The molecule has 0 radical (unpaired) electrons. The average molecular weight is 338 g/mol. The average Bonchev–Trinajstić information content (AvgIpc) is 2.63. The van der Waals surface area contributed by atoms with Crippen molar-refractivity contribution in [3.63, 3.8) is 0 Å². The Morgan fingerprint density at radius 1 is 1.20 bits per heavy atom. The summed E-state index contributed by atoms with van der Waals surface area (Å²) in [5.41, 5.74) is 2.50. The van der Waals surface area contributed by atoms with Crippen LogP contribution in [0.4, 0.5) is 0 Å². The summed E-state index contributed by atoms with van der Waals surface area (Å²) in [6.45, 7) is 3.15. The summed E-state index contributed by atoms with van der Waals surface area (Å²) in [5.74, 6) is 0.774. The molecule has 130 valence electrons. The Hall–Kier alpha value is -2.39. The number of benzene rings is 2. The van der Waals surface area contributed by atoms with Gasteiger partial charge in [-0.3, -0.25) is 0 Å². The second-order valence-electron chi connectivity index (χ2n) is 6.46. The van der Waals surface area contributed by atoms with Crippen LogP contribution < -0.4 is 10.1 Å². The maximum Gasteiger partial charge on any atom is 0.120 e. The Balaban J connectivity index is 1.53. The molecule has 0 amide bonds. The maximum atomic E-state index is 9.44. The standard InChI is InChI=1S/C20H22N2O3/c21-9-17-5-1-2-6-18(17)11-25-19-7-3-4-16(8-19)10-22-12-20(13-23)14-24-15-20/h1-8,22-23H,10-15H2. The number of ether oxygens (including phenoxy) is 2. The van der Waals surface area contributed by atoms with E-state index in [2.05, 4.69) is 11.4 Å². The van der Waals surface area contributed by atoms with Crippen LogP contribution in [0.1, 0.15) is 16.7 Å². The molecule has 1 aliphatic rings. The zero-order valence-electron chi connectivity index (χ0n) is 14.1. The van der Waals surface area contributed by atoms with Crippen LogP contribution in [-0.2, 0) is 17.9 Å². The molecule has 0 atom stereocenters. The number of rotatable bonds is 8. The molecule has 0 unspecified atom stereocenters. The molecule has 1 aliphatic heterocycles. The molecule has 0 aliphatic carbocycles. The first-order valence-corrected chi connectivity index (χ1v) is 8.34. The van der Waals surface area contributed by atoms with Crippen molar-refractivity contribution in [2.24, 2.45) is 5.41 Å². The summed E-state index contributed by atoms with van der Waals surface area (Å²) in [6, 6.07) is 17.5. The highest BCUT2D eigenvalue weighted by Crippen LogP contribution is 2.25. The van der Waals surface area contributed by atoms with Gasteiger partial charge in [0.05, 0.1) is 36.9 Å². The highest BCUT2D eigenvalue weighted by molar-refractivity contribution is 5.37. The molecular formula is C20H22N2O3. The SMILES string of the molecule is N#Cc1ccccc1COc1cccc(CNCC2(CO)COC2)c1. The number of hydrogen-bond acceptors (Lipinski definition) is 5. The molecule has 2 N–H and O–H groups in total. The van der Waals surface area contributed by atoms with E-state index in [0.717, 1.165) is 23.4 Å². The van der Waals surface area contributed by atoms with Gasteiger partial charge in [-0.15, -0.1) is 0 Å². The molecule has 0 bridgehead atoms. The Bertz CT molecular complexity index is 745. The molecule has 1 saturated heterocycles. The molecule has 1 fully saturated rings. The minimum atomic E-state index is -0.130. The van der Waals surface area contributed by atoms with Gasteiger partial charge in [-0.25, -0.2) is 0 Å². The van der Waals surface area contributed by atoms with E-state index in [9.17, 15) is 5.11 Å². The van der Waals surface area contributed by atoms with E-state index in [1.807, 2.05) is 42.5 Å². The van der Waals surface area contributed by atoms with Crippen LogP contribution in [0.25, 0.3) is 0 Å². The van der Waals surface area contributed by atoms with E-state index in [-0.39, 0.29) is 12.0 Å². The monoisotopic (exact) mass is 338 g/mol. The van der Waals surface area contributed by atoms with E-state index >= 15 is 0 Å². The van der Waals surface area contributed by atoms with Crippen molar-refractivity contribution in [2.45, 2.75) is 13.2 Å². The number of hydrogen-bond donors (Lipinski definition) is 2. The van der Waals surface area contributed by atoms with Gasteiger partial charge in [0.1, 0.15) is 12.4 Å². The predicted molar refractivity (Wildman–Crippen MR) is 94.0 cm³/mol. The minimum absolute atomic E-state index is 0.130. The van der Waals surface area contributed by atoms with Crippen LogP contribution in [0.3, 0.4) is 0 Å². The summed E-state index contributed by atoms with van der Waals surface area (Å²) in [7, 11) is 0. The largest absolute Gasteiger partial charge is 0.489 e. The third kappa shape index (κ3) is 4.37. The molecule has 0 saturated carbocycles. The Labute approximate surface area is 147 Å². The fraction of sp³-hybridized carbons (Fsp3) is 0.350. The van der Waals surface area contributed by atoms with Crippen LogP contribution >= 0.6 is 0 Å². The molecule has 5 heteroatoms. The van der Waals surface area contributed by atoms with Gasteiger partial charge < -0.3 is 19.9 Å². The van der Waals surface area contributed by atoms with Crippen molar-refractivity contribution in [2.75, 3.05) is 26.4 Å². The van der Waals surface area contributed by atoms with Gasteiger partial charge in [-0.2, -0.15) is 5.26 Å². The smallest absolute Gasteiger partial charge is 0.120 e. The maximum absolute atomic E-state index is 9.44. The fourth-order valence-corrected chi connectivity index (χ4v) is 2.77. The van der Waals surface area contributed by atoms with Gasteiger partial charge in [-0.05, 0) is 23.8 Å². The van der Waals surface area contributed by atoms with Crippen molar-refractivity contribution in [3.8, 4) is 11.8 Å². The highest BCUT2D eigenvalue weighted by Gasteiger charge is 2.37. The predicted octanol–water partition coefficient (Wildman–Crippen LogP) is 2.24. The number of aliphatic hydroxyl groups is 1. The molecule has 1 heterocycles. The third-order valence-corrected chi connectivity index (χ3v) is 4.41. The summed E-state index contributed by atoms with van der Waals surface area (Å²) >= 11 is 0. The van der Waals surface area contributed by atoms with Crippen molar-refractivity contribution in [1.82, 2.24) is 5.32 Å². The topological polar surface area (TPSA) is 74.5 Å². The van der Waals surface area contributed by atoms with Crippen LogP contribution in [-0.4, -0.2) is 31.5 Å². The van der Waals surface area contributed by atoms with Gasteiger partial charge in [0.25, 0.3) is 0 Å². The minimum Gasteiger partial charge on any atom is -0.489 e. The lowest BCUT2D eigenvalue weighted by Gasteiger charge is -2.40. The van der Waals surface area contributed by atoms with Crippen LogP contribution in [0, 0.1) is 16.7 Å². The first kappa shape index (κ1) is 17.4. The molecular weight excluding hydrogens is 316 g/mol. The van der Waals surface area contributed by atoms with E-state index in [1.165, 1.54) is 0 Å². The Morgan fingerprint density at radius 2 is 2.04 bits per heavy atom. The van der Waals surface area contributed by atoms with Crippen molar-refractivity contribution in [3.05, 3.63) is 65.2 Å². The lowest BCUT2D eigenvalue weighted by molar-refractivity contribution is -0.134. The molecule has 0 spiro atoms. The van der Waals surface area contributed by atoms with Gasteiger partial charge in [0, 0.05) is 18.7 Å². The first-order chi connectivity index (χ1) is 12.2. The van der Waals surface area contributed by atoms with Gasteiger partial charge >= 0.3 is 0 Å². The summed E-state index contributed by atoms with van der Waals surface area (Å²) < 4.78 is 11.0. The number of nitrogens with zero attached hydrogens (tertiary/aromatic N) is 1. The third-order valence-electron chi connectivity index (χ3n) is 4.41. The molecule has 25 heavy (non-hydrogen) atoms. The summed E-state index contributed by atoms with van der Waals surface area (Å²) in [6.07, 6.45) is 0. The van der Waals surface area contributed by atoms with Crippen LogP contribution in [0.5, 0.6) is 5.75 Å². The van der Waals surface area contributed by atoms with Crippen molar-refractivity contribution < 1.29 is 14.6 Å². The normalized spacial score (nSPS) is 15.2. The zero-order valence-corrected chi connectivity index (χ0v) is 14.1. The van der Waals surface area contributed by atoms with Gasteiger partial charge in [-0.1, -0.05) is 30.3 Å². The lowest BCUT2D eigenvalue weighted by atomic mass is 9.87. The van der Waals surface area contributed by atoms with Crippen molar-refractivity contribution in [1.29, 1.82) is 5.26 Å². The first-order valence-electron chi connectivity index (χ1n) is 8.34. The summed E-state index contributed by atoms with van der Waals surface area (Å²) in [5, 5.41) is 21.9. The number of aliphatic hydroxyl groups excluding tert-OH is 1. The number of nitriles is 1.